The summed E-state index contributed by atoms with van der Waals surface area (Å²) in [5.74, 6) is -0.963. The van der Waals surface area contributed by atoms with Gasteiger partial charge in [-0.1, -0.05) is 27.5 Å². The summed E-state index contributed by atoms with van der Waals surface area (Å²) in [6.45, 7) is 0. The van der Waals surface area contributed by atoms with Crippen LogP contribution in [0.5, 0.6) is 0 Å². The molecule has 0 unspecified atom stereocenters. The van der Waals surface area contributed by atoms with Gasteiger partial charge in [0.15, 0.2) is 5.76 Å². The van der Waals surface area contributed by atoms with E-state index in [9.17, 15) is 9.18 Å². The van der Waals surface area contributed by atoms with Crippen LogP contribution in [0, 0.1) is 5.82 Å². The first-order valence-electron chi connectivity index (χ1n) is 5.98. The Labute approximate surface area is 132 Å². The number of hydrogen-bond donors (Lipinski definition) is 1. The van der Waals surface area contributed by atoms with E-state index in [1.807, 2.05) is 0 Å². The molecule has 0 atom stereocenters. The average molecular weight is 369 g/mol. The summed E-state index contributed by atoms with van der Waals surface area (Å²) < 4.78 is 19.7. The van der Waals surface area contributed by atoms with Crippen LogP contribution < -0.4 is 5.32 Å². The lowest BCUT2D eigenvalue weighted by Crippen LogP contribution is -2.11. The maximum atomic E-state index is 13.7. The maximum absolute atomic E-state index is 13.7. The molecule has 3 rings (SSSR count). The van der Waals surface area contributed by atoms with Crippen LogP contribution in [0.25, 0.3) is 11.0 Å². The van der Waals surface area contributed by atoms with Crippen molar-refractivity contribution in [2.45, 2.75) is 0 Å². The standard InChI is InChI=1S/C15H8BrClFNO2/c16-9-1-3-12(11(18)7-9)19-15(20)14-6-8-5-10(17)2-4-13(8)21-14/h1-7H,(H,19,20). The fourth-order valence-corrected chi connectivity index (χ4v) is 2.41. The lowest BCUT2D eigenvalue weighted by Gasteiger charge is -2.04. The third kappa shape index (κ3) is 2.94. The minimum Gasteiger partial charge on any atom is -0.451 e. The Hall–Kier alpha value is -1.85. The number of nitrogens with one attached hydrogen (secondary N) is 1. The number of amides is 1. The molecule has 1 N–H and O–H groups in total. The van der Waals surface area contributed by atoms with Crippen molar-refractivity contribution in [3.63, 3.8) is 0 Å². The van der Waals surface area contributed by atoms with Crippen molar-refractivity contribution in [3.8, 4) is 0 Å². The Morgan fingerprint density at radius 3 is 2.76 bits per heavy atom. The molecule has 1 aromatic heterocycles. The molecule has 0 saturated heterocycles. The molecule has 0 aliphatic rings. The van der Waals surface area contributed by atoms with Crippen LogP contribution in [0.2, 0.25) is 5.02 Å². The van der Waals surface area contributed by atoms with Crippen LogP contribution in [-0.4, -0.2) is 5.91 Å². The van der Waals surface area contributed by atoms with E-state index in [1.165, 1.54) is 12.1 Å². The van der Waals surface area contributed by atoms with Gasteiger partial charge in [-0.25, -0.2) is 4.39 Å². The van der Waals surface area contributed by atoms with E-state index in [0.717, 1.165) is 0 Å². The second-order valence-corrected chi connectivity index (χ2v) is 5.72. The van der Waals surface area contributed by atoms with Gasteiger partial charge in [-0.3, -0.25) is 4.79 Å². The first-order valence-corrected chi connectivity index (χ1v) is 7.15. The predicted molar refractivity (Wildman–Crippen MR) is 83.3 cm³/mol. The first-order chi connectivity index (χ1) is 10.0. The van der Waals surface area contributed by atoms with Crippen molar-refractivity contribution >= 4 is 50.1 Å². The monoisotopic (exact) mass is 367 g/mol. The molecule has 0 spiro atoms. The molecular formula is C15H8BrClFNO2. The molecule has 1 amide bonds. The van der Waals surface area contributed by atoms with Gasteiger partial charge >= 0.3 is 0 Å². The summed E-state index contributed by atoms with van der Waals surface area (Å²) in [7, 11) is 0. The van der Waals surface area contributed by atoms with Crippen LogP contribution in [0.1, 0.15) is 10.6 Å². The predicted octanol–water partition coefficient (Wildman–Crippen LogP) is 5.24. The number of furan rings is 1. The van der Waals surface area contributed by atoms with Crippen LogP contribution in [0.4, 0.5) is 10.1 Å². The average Bonchev–Trinajstić information content (AvgIpc) is 2.85. The molecule has 0 radical (unpaired) electrons. The van der Waals surface area contributed by atoms with Crippen molar-refractivity contribution in [1.82, 2.24) is 0 Å². The molecule has 3 aromatic rings. The van der Waals surface area contributed by atoms with E-state index in [0.29, 0.717) is 20.5 Å². The largest absolute Gasteiger partial charge is 0.451 e. The number of carbonyl (C=O) groups is 1. The summed E-state index contributed by atoms with van der Waals surface area (Å²) in [5.41, 5.74) is 0.627. The lowest BCUT2D eigenvalue weighted by atomic mass is 10.2. The number of rotatable bonds is 2. The zero-order valence-corrected chi connectivity index (χ0v) is 12.8. The Kier molecular flexibility index (Phi) is 3.69. The number of carbonyl (C=O) groups excluding carboxylic acids is 1. The molecule has 0 aliphatic heterocycles. The lowest BCUT2D eigenvalue weighted by molar-refractivity contribution is 0.0998. The molecule has 0 fully saturated rings. The van der Waals surface area contributed by atoms with Gasteiger partial charge in [0.1, 0.15) is 11.4 Å². The molecule has 0 aliphatic carbocycles. The minimum atomic E-state index is -0.531. The Morgan fingerprint density at radius 1 is 1.19 bits per heavy atom. The molecule has 0 bridgehead atoms. The van der Waals surface area contributed by atoms with Crippen molar-refractivity contribution in [1.29, 1.82) is 0 Å². The van der Waals surface area contributed by atoms with Crippen LogP contribution >= 0.6 is 27.5 Å². The van der Waals surface area contributed by atoms with Gasteiger partial charge in [-0.15, -0.1) is 0 Å². The summed E-state index contributed by atoms with van der Waals surface area (Å²) >= 11 is 9.03. The van der Waals surface area contributed by atoms with Gasteiger partial charge < -0.3 is 9.73 Å². The minimum absolute atomic E-state index is 0.0849. The van der Waals surface area contributed by atoms with Gasteiger partial charge in [0.25, 0.3) is 5.91 Å². The topological polar surface area (TPSA) is 42.2 Å². The van der Waals surface area contributed by atoms with Gasteiger partial charge in [-0.2, -0.15) is 0 Å². The van der Waals surface area contributed by atoms with E-state index >= 15 is 0 Å². The number of fused-ring (bicyclic) bond motifs is 1. The highest BCUT2D eigenvalue weighted by Gasteiger charge is 2.14. The molecule has 106 valence electrons. The van der Waals surface area contributed by atoms with E-state index in [1.54, 1.807) is 30.3 Å². The second kappa shape index (κ2) is 5.50. The normalized spacial score (nSPS) is 10.8. The molecular weight excluding hydrogens is 361 g/mol. The summed E-state index contributed by atoms with van der Waals surface area (Å²) in [6.07, 6.45) is 0. The zero-order chi connectivity index (χ0) is 15.0. The van der Waals surface area contributed by atoms with E-state index < -0.39 is 11.7 Å². The highest BCUT2D eigenvalue weighted by atomic mass is 79.9. The van der Waals surface area contributed by atoms with Crippen molar-refractivity contribution in [2.24, 2.45) is 0 Å². The first kappa shape index (κ1) is 14.1. The second-order valence-electron chi connectivity index (χ2n) is 4.37. The van der Waals surface area contributed by atoms with E-state index in [-0.39, 0.29) is 11.4 Å². The smallest absolute Gasteiger partial charge is 0.291 e. The van der Waals surface area contributed by atoms with Crippen LogP contribution in [0.3, 0.4) is 0 Å². The summed E-state index contributed by atoms with van der Waals surface area (Å²) in [4.78, 5) is 12.1. The van der Waals surface area contributed by atoms with Gasteiger partial charge in [0.2, 0.25) is 0 Å². The highest BCUT2D eigenvalue weighted by molar-refractivity contribution is 9.10. The molecule has 0 saturated carbocycles. The maximum Gasteiger partial charge on any atom is 0.291 e. The highest BCUT2D eigenvalue weighted by Crippen LogP contribution is 2.24. The summed E-state index contributed by atoms with van der Waals surface area (Å²) in [6, 6.07) is 11.0. The quantitative estimate of drug-likeness (QED) is 0.672. The number of benzene rings is 2. The third-order valence-electron chi connectivity index (χ3n) is 2.88. The van der Waals surface area contributed by atoms with Crippen LogP contribution in [-0.2, 0) is 0 Å². The van der Waals surface area contributed by atoms with Gasteiger partial charge in [0, 0.05) is 14.9 Å². The van der Waals surface area contributed by atoms with Crippen molar-refractivity contribution < 1.29 is 13.6 Å². The molecule has 2 aromatic carbocycles. The van der Waals surface area contributed by atoms with Gasteiger partial charge in [0.05, 0.1) is 5.69 Å². The molecule has 3 nitrogen and oxygen atoms in total. The van der Waals surface area contributed by atoms with Crippen LogP contribution in [0.15, 0.2) is 51.4 Å². The SMILES string of the molecule is O=C(Nc1ccc(Br)cc1F)c1cc2cc(Cl)ccc2o1. The van der Waals surface area contributed by atoms with Gasteiger partial charge in [-0.05, 0) is 42.5 Å². The Balaban J connectivity index is 1.89. The number of halogens is 3. The van der Waals surface area contributed by atoms with Crippen molar-refractivity contribution in [3.05, 3.63) is 63.5 Å². The van der Waals surface area contributed by atoms with E-state index in [2.05, 4.69) is 21.2 Å². The Morgan fingerprint density at radius 2 is 2.00 bits per heavy atom. The zero-order valence-electron chi connectivity index (χ0n) is 10.5. The molecule has 1 heterocycles. The van der Waals surface area contributed by atoms with E-state index in [4.69, 9.17) is 16.0 Å². The summed E-state index contributed by atoms with van der Waals surface area (Å²) in [5, 5.41) is 3.73. The third-order valence-corrected chi connectivity index (χ3v) is 3.61. The Bertz CT molecular complexity index is 847. The number of anilines is 1. The molecule has 21 heavy (non-hydrogen) atoms. The van der Waals surface area contributed by atoms with Crippen molar-refractivity contribution in [2.75, 3.05) is 5.32 Å². The number of hydrogen-bond acceptors (Lipinski definition) is 2. The fraction of sp³-hybridized carbons (Fsp3) is 0. The molecule has 6 heteroatoms. The fourth-order valence-electron chi connectivity index (χ4n) is 1.90.